The molecule has 4 rings (SSSR count). The van der Waals surface area contributed by atoms with Gasteiger partial charge in [0, 0.05) is 6.04 Å². The minimum atomic E-state index is -0.776. The first kappa shape index (κ1) is 16.3. The van der Waals surface area contributed by atoms with E-state index >= 15 is 0 Å². The van der Waals surface area contributed by atoms with Crippen LogP contribution < -0.4 is 10.9 Å². The largest absolute Gasteiger partial charge is 0.481 e. The van der Waals surface area contributed by atoms with Crippen LogP contribution in [-0.2, 0) is 4.79 Å². The van der Waals surface area contributed by atoms with E-state index in [9.17, 15) is 14.4 Å². The first-order valence-electron chi connectivity index (χ1n) is 8.57. The molecule has 0 radical (unpaired) electrons. The number of hydrogen-bond acceptors (Lipinski definition) is 4. The lowest BCUT2D eigenvalue weighted by atomic mass is 9.86. The normalized spacial score (nSPS) is 20.3. The number of fused-ring (bicyclic) bond motifs is 3. The van der Waals surface area contributed by atoms with Crippen LogP contribution in [0.1, 0.15) is 36.0 Å². The summed E-state index contributed by atoms with van der Waals surface area (Å²) in [5.41, 5.74) is 1.01. The number of para-hydroxylation sites is 1. The molecule has 0 bridgehead atoms. The van der Waals surface area contributed by atoms with Gasteiger partial charge in [-0.05, 0) is 37.8 Å². The number of carbonyl (C=O) groups excluding carboxylic acids is 1. The number of benzene rings is 1. The Hall–Kier alpha value is -3.16. The second kappa shape index (κ2) is 6.29. The third-order valence-corrected chi connectivity index (χ3v) is 5.03. The maximum Gasteiger partial charge on any atom is 0.306 e. The van der Waals surface area contributed by atoms with Gasteiger partial charge in [0.05, 0.1) is 23.0 Å². The molecular formula is C18H18N4O4. The minimum absolute atomic E-state index is 0.0692. The minimum Gasteiger partial charge on any atom is -0.481 e. The van der Waals surface area contributed by atoms with E-state index in [-0.39, 0.29) is 23.4 Å². The fourth-order valence-electron chi connectivity index (χ4n) is 3.59. The maximum atomic E-state index is 12.6. The molecule has 0 aliphatic heterocycles. The number of carbonyl (C=O) groups is 2. The molecule has 26 heavy (non-hydrogen) atoms. The average Bonchev–Trinajstić information content (AvgIpc) is 3.06. The highest BCUT2D eigenvalue weighted by Gasteiger charge is 2.27. The fourth-order valence-corrected chi connectivity index (χ4v) is 3.59. The van der Waals surface area contributed by atoms with Gasteiger partial charge in [-0.25, -0.2) is 4.52 Å². The molecule has 1 aromatic carbocycles. The van der Waals surface area contributed by atoms with Gasteiger partial charge in [-0.15, -0.1) is 0 Å². The van der Waals surface area contributed by atoms with Gasteiger partial charge in [0.2, 0.25) is 0 Å². The van der Waals surface area contributed by atoms with E-state index in [1.165, 1.54) is 6.20 Å². The molecule has 8 nitrogen and oxygen atoms in total. The zero-order valence-corrected chi connectivity index (χ0v) is 13.9. The highest BCUT2D eigenvalue weighted by molar-refractivity contribution is 6.00. The van der Waals surface area contributed by atoms with Gasteiger partial charge >= 0.3 is 5.97 Å². The summed E-state index contributed by atoms with van der Waals surface area (Å²) in [7, 11) is 0. The second-order valence-electron chi connectivity index (χ2n) is 6.65. The number of hydrogen-bond donors (Lipinski definition) is 3. The van der Waals surface area contributed by atoms with Gasteiger partial charge in [-0.1, -0.05) is 12.1 Å². The van der Waals surface area contributed by atoms with Crippen LogP contribution in [0, 0.1) is 5.92 Å². The highest BCUT2D eigenvalue weighted by Crippen LogP contribution is 2.25. The van der Waals surface area contributed by atoms with Gasteiger partial charge in [-0.3, -0.25) is 14.4 Å². The van der Waals surface area contributed by atoms with E-state index in [2.05, 4.69) is 15.4 Å². The molecule has 8 heteroatoms. The van der Waals surface area contributed by atoms with Crippen molar-refractivity contribution in [2.45, 2.75) is 31.7 Å². The van der Waals surface area contributed by atoms with Crippen LogP contribution in [0.4, 0.5) is 0 Å². The van der Waals surface area contributed by atoms with E-state index < -0.39 is 5.97 Å². The number of amides is 1. The Bertz CT molecular complexity index is 1060. The van der Waals surface area contributed by atoms with Crippen molar-refractivity contribution in [3.8, 4) is 0 Å². The van der Waals surface area contributed by atoms with E-state index in [0.717, 1.165) is 0 Å². The van der Waals surface area contributed by atoms with Gasteiger partial charge in [0.1, 0.15) is 11.2 Å². The van der Waals surface area contributed by atoms with E-state index in [1.54, 1.807) is 22.7 Å². The number of rotatable bonds is 3. The first-order chi connectivity index (χ1) is 12.5. The lowest BCUT2D eigenvalue weighted by molar-refractivity contribution is -0.142. The number of carboxylic acids is 1. The Labute approximate surface area is 147 Å². The van der Waals surface area contributed by atoms with Crippen LogP contribution in [0.25, 0.3) is 16.6 Å². The van der Waals surface area contributed by atoms with Crippen LogP contribution in [0.15, 0.2) is 35.3 Å². The number of aromatic amines is 1. The average molecular weight is 354 g/mol. The summed E-state index contributed by atoms with van der Waals surface area (Å²) in [5, 5.41) is 16.7. The predicted molar refractivity (Wildman–Crippen MR) is 94.2 cm³/mol. The smallest absolute Gasteiger partial charge is 0.306 e. The van der Waals surface area contributed by atoms with E-state index in [1.807, 2.05) is 6.07 Å². The Balaban J connectivity index is 1.60. The lowest BCUT2D eigenvalue weighted by Gasteiger charge is -2.26. The van der Waals surface area contributed by atoms with Gasteiger partial charge in [0.25, 0.3) is 11.5 Å². The molecule has 1 saturated carbocycles. The lowest BCUT2D eigenvalue weighted by Crippen LogP contribution is -2.38. The summed E-state index contributed by atoms with van der Waals surface area (Å²) in [6.45, 7) is 0. The Morgan fingerprint density at radius 1 is 1.19 bits per heavy atom. The number of carboxylic acid groups (broad SMARTS) is 1. The molecule has 1 fully saturated rings. The molecule has 2 aromatic heterocycles. The topological polar surface area (TPSA) is 117 Å². The van der Waals surface area contributed by atoms with Crippen molar-refractivity contribution in [3.63, 3.8) is 0 Å². The molecule has 0 saturated heterocycles. The molecule has 3 N–H and O–H groups in total. The van der Waals surface area contributed by atoms with Gasteiger partial charge in [0.15, 0.2) is 0 Å². The van der Waals surface area contributed by atoms with Crippen molar-refractivity contribution in [3.05, 3.63) is 46.4 Å². The van der Waals surface area contributed by atoms with Crippen molar-refractivity contribution in [2.75, 3.05) is 0 Å². The fraction of sp³-hybridized carbons (Fsp3) is 0.333. The van der Waals surface area contributed by atoms with Crippen LogP contribution >= 0.6 is 0 Å². The molecular weight excluding hydrogens is 336 g/mol. The SMILES string of the molecule is O=C(NC1CCC(C(=O)O)CC1)c1cnn2c1[nH]c(=O)c1ccccc12. The van der Waals surface area contributed by atoms with Crippen molar-refractivity contribution < 1.29 is 14.7 Å². The van der Waals surface area contributed by atoms with Crippen LogP contribution in [0.3, 0.4) is 0 Å². The summed E-state index contributed by atoms with van der Waals surface area (Å²) in [4.78, 5) is 38.7. The highest BCUT2D eigenvalue weighted by atomic mass is 16.4. The summed E-state index contributed by atoms with van der Waals surface area (Å²) in [5.74, 6) is -1.42. The molecule has 1 aliphatic carbocycles. The Morgan fingerprint density at radius 3 is 2.65 bits per heavy atom. The zero-order chi connectivity index (χ0) is 18.3. The van der Waals surface area contributed by atoms with Crippen molar-refractivity contribution in [2.24, 2.45) is 5.92 Å². The monoisotopic (exact) mass is 354 g/mol. The number of nitrogens with one attached hydrogen (secondary N) is 2. The van der Waals surface area contributed by atoms with E-state index in [0.29, 0.717) is 47.8 Å². The number of nitrogens with zero attached hydrogens (tertiary/aromatic N) is 2. The molecule has 134 valence electrons. The van der Waals surface area contributed by atoms with Crippen LogP contribution in [-0.4, -0.2) is 37.6 Å². The zero-order valence-electron chi connectivity index (χ0n) is 13.9. The number of aromatic nitrogens is 3. The quantitative estimate of drug-likeness (QED) is 0.660. The molecule has 0 atom stereocenters. The first-order valence-corrected chi connectivity index (χ1v) is 8.57. The molecule has 2 heterocycles. The Kier molecular flexibility index (Phi) is 3.95. The predicted octanol–water partition coefficient (Wildman–Crippen LogP) is 1.55. The summed E-state index contributed by atoms with van der Waals surface area (Å²) in [6, 6.07) is 6.99. The number of aliphatic carboxylic acids is 1. The summed E-state index contributed by atoms with van der Waals surface area (Å²) < 4.78 is 1.55. The second-order valence-corrected chi connectivity index (χ2v) is 6.65. The standard InChI is InChI=1S/C18H18N4O4/c23-16-12-3-1-2-4-14(12)22-15(21-16)13(9-19-22)17(24)20-11-7-5-10(6-8-11)18(25)26/h1-4,9-11H,5-8H2,(H,20,24)(H,21,23)(H,25,26). The molecule has 1 amide bonds. The number of H-pyrrole nitrogens is 1. The van der Waals surface area contributed by atoms with Crippen LogP contribution in [0.2, 0.25) is 0 Å². The van der Waals surface area contributed by atoms with Crippen molar-refractivity contribution >= 4 is 28.4 Å². The molecule has 1 aliphatic rings. The van der Waals surface area contributed by atoms with E-state index in [4.69, 9.17) is 5.11 Å². The van der Waals surface area contributed by atoms with Crippen molar-refractivity contribution in [1.82, 2.24) is 19.9 Å². The Morgan fingerprint density at radius 2 is 1.92 bits per heavy atom. The van der Waals surface area contributed by atoms with Crippen LogP contribution in [0.5, 0.6) is 0 Å². The third kappa shape index (κ3) is 2.73. The summed E-state index contributed by atoms with van der Waals surface area (Å²) in [6.07, 6.45) is 3.80. The molecule has 0 spiro atoms. The van der Waals surface area contributed by atoms with Crippen molar-refractivity contribution in [1.29, 1.82) is 0 Å². The third-order valence-electron chi connectivity index (χ3n) is 5.03. The summed E-state index contributed by atoms with van der Waals surface area (Å²) >= 11 is 0. The van der Waals surface area contributed by atoms with Gasteiger partial charge < -0.3 is 15.4 Å². The van der Waals surface area contributed by atoms with Gasteiger partial charge in [-0.2, -0.15) is 5.10 Å². The maximum absolute atomic E-state index is 12.6. The molecule has 0 unspecified atom stereocenters. The molecule has 3 aromatic rings.